The zero-order valence-electron chi connectivity index (χ0n) is 13.8. The lowest BCUT2D eigenvalue weighted by Gasteiger charge is -2.37. The van der Waals surface area contributed by atoms with E-state index in [-0.39, 0.29) is 30.2 Å². The Balaban J connectivity index is 0.00000208. The van der Waals surface area contributed by atoms with Crippen LogP contribution in [0.4, 0.5) is 4.39 Å². The standard InChI is InChI=1S/C18H25FN2O2.ClH/c19-15-7-5-13(6-8-15)11-14-3-1-9-21(12-14)18(22)17-16(20)4-2-10-23-17;/h5-8,14,16-17H,1-4,9-12,20H2;1H. The van der Waals surface area contributed by atoms with Crippen LogP contribution in [0.5, 0.6) is 0 Å². The number of nitrogens with zero attached hydrogens (tertiary/aromatic N) is 1. The Labute approximate surface area is 148 Å². The van der Waals surface area contributed by atoms with E-state index in [0.29, 0.717) is 12.5 Å². The summed E-state index contributed by atoms with van der Waals surface area (Å²) in [6, 6.07) is 6.46. The predicted molar refractivity (Wildman–Crippen MR) is 93.6 cm³/mol. The first-order chi connectivity index (χ1) is 11.1. The van der Waals surface area contributed by atoms with Gasteiger partial charge in [0.15, 0.2) is 6.10 Å². The minimum absolute atomic E-state index is 0. The van der Waals surface area contributed by atoms with Crippen molar-refractivity contribution in [2.75, 3.05) is 19.7 Å². The Morgan fingerprint density at radius 3 is 2.71 bits per heavy atom. The van der Waals surface area contributed by atoms with E-state index in [4.69, 9.17) is 10.5 Å². The third kappa shape index (κ3) is 4.68. The van der Waals surface area contributed by atoms with Crippen LogP contribution in [-0.2, 0) is 16.0 Å². The minimum Gasteiger partial charge on any atom is -0.367 e. The van der Waals surface area contributed by atoms with E-state index in [0.717, 1.165) is 50.8 Å². The molecule has 4 nitrogen and oxygen atoms in total. The van der Waals surface area contributed by atoms with Crippen molar-refractivity contribution in [2.24, 2.45) is 11.7 Å². The molecule has 2 fully saturated rings. The van der Waals surface area contributed by atoms with Gasteiger partial charge in [-0.05, 0) is 55.7 Å². The molecular weight excluding hydrogens is 331 g/mol. The molecule has 2 heterocycles. The molecule has 2 saturated heterocycles. The average molecular weight is 357 g/mol. The first-order valence-corrected chi connectivity index (χ1v) is 8.54. The number of carbonyl (C=O) groups is 1. The van der Waals surface area contributed by atoms with E-state index in [9.17, 15) is 9.18 Å². The molecule has 2 N–H and O–H groups in total. The highest BCUT2D eigenvalue weighted by Crippen LogP contribution is 2.23. The molecule has 1 aromatic rings. The number of hydrogen-bond donors (Lipinski definition) is 1. The number of piperidine rings is 1. The number of benzene rings is 1. The van der Waals surface area contributed by atoms with Crippen molar-refractivity contribution >= 4 is 18.3 Å². The maximum absolute atomic E-state index is 13.0. The van der Waals surface area contributed by atoms with Crippen molar-refractivity contribution in [1.29, 1.82) is 0 Å². The second-order valence-corrected chi connectivity index (χ2v) is 6.72. The van der Waals surface area contributed by atoms with E-state index in [1.165, 1.54) is 12.1 Å². The number of likely N-dealkylation sites (tertiary alicyclic amines) is 1. The molecule has 3 atom stereocenters. The Morgan fingerprint density at radius 2 is 2.00 bits per heavy atom. The maximum atomic E-state index is 13.0. The van der Waals surface area contributed by atoms with E-state index < -0.39 is 6.10 Å². The second kappa shape index (κ2) is 8.79. The van der Waals surface area contributed by atoms with Gasteiger partial charge in [0, 0.05) is 25.7 Å². The van der Waals surface area contributed by atoms with Crippen LogP contribution in [0.25, 0.3) is 0 Å². The van der Waals surface area contributed by atoms with Crippen LogP contribution < -0.4 is 5.73 Å². The molecule has 2 aliphatic heterocycles. The van der Waals surface area contributed by atoms with Gasteiger partial charge in [-0.3, -0.25) is 4.79 Å². The lowest BCUT2D eigenvalue weighted by Crippen LogP contribution is -2.53. The highest BCUT2D eigenvalue weighted by molar-refractivity contribution is 5.85. The number of amides is 1. The summed E-state index contributed by atoms with van der Waals surface area (Å²) in [5.41, 5.74) is 7.17. The zero-order chi connectivity index (χ0) is 16.2. The van der Waals surface area contributed by atoms with Gasteiger partial charge < -0.3 is 15.4 Å². The number of ether oxygens (including phenoxy) is 1. The quantitative estimate of drug-likeness (QED) is 0.905. The first kappa shape index (κ1) is 19.2. The fourth-order valence-electron chi connectivity index (χ4n) is 3.62. The fourth-order valence-corrected chi connectivity index (χ4v) is 3.62. The van der Waals surface area contributed by atoms with E-state index in [1.54, 1.807) is 0 Å². The van der Waals surface area contributed by atoms with Crippen LogP contribution in [-0.4, -0.2) is 42.6 Å². The zero-order valence-corrected chi connectivity index (χ0v) is 14.6. The fraction of sp³-hybridized carbons (Fsp3) is 0.611. The molecule has 0 spiro atoms. The second-order valence-electron chi connectivity index (χ2n) is 6.72. The number of halogens is 2. The van der Waals surface area contributed by atoms with Crippen LogP contribution in [0, 0.1) is 11.7 Å². The van der Waals surface area contributed by atoms with Gasteiger partial charge in [-0.2, -0.15) is 0 Å². The summed E-state index contributed by atoms with van der Waals surface area (Å²) < 4.78 is 18.6. The molecule has 2 aliphatic rings. The molecule has 0 radical (unpaired) electrons. The summed E-state index contributed by atoms with van der Waals surface area (Å²) in [4.78, 5) is 14.6. The normalized spacial score (nSPS) is 27.4. The van der Waals surface area contributed by atoms with E-state index >= 15 is 0 Å². The highest BCUT2D eigenvalue weighted by Gasteiger charge is 2.34. The minimum atomic E-state index is -0.478. The molecule has 24 heavy (non-hydrogen) atoms. The lowest BCUT2D eigenvalue weighted by molar-refractivity contribution is -0.149. The molecule has 0 saturated carbocycles. The van der Waals surface area contributed by atoms with Crippen LogP contribution in [0.2, 0.25) is 0 Å². The summed E-state index contributed by atoms with van der Waals surface area (Å²) >= 11 is 0. The number of hydrogen-bond acceptors (Lipinski definition) is 3. The van der Waals surface area contributed by atoms with Gasteiger partial charge in [-0.15, -0.1) is 12.4 Å². The number of rotatable bonds is 3. The molecule has 6 heteroatoms. The highest BCUT2D eigenvalue weighted by atomic mass is 35.5. The Bertz CT molecular complexity index is 540. The molecule has 0 aromatic heterocycles. The van der Waals surface area contributed by atoms with Crippen molar-refractivity contribution in [1.82, 2.24) is 4.90 Å². The molecule has 1 aromatic carbocycles. The van der Waals surface area contributed by atoms with Crippen LogP contribution in [0.1, 0.15) is 31.2 Å². The largest absolute Gasteiger partial charge is 0.367 e. The van der Waals surface area contributed by atoms with Crippen LogP contribution in [0.15, 0.2) is 24.3 Å². The predicted octanol–water partition coefficient (Wildman–Crippen LogP) is 2.53. The van der Waals surface area contributed by atoms with Crippen molar-refractivity contribution < 1.29 is 13.9 Å². The van der Waals surface area contributed by atoms with Crippen molar-refractivity contribution in [3.05, 3.63) is 35.6 Å². The monoisotopic (exact) mass is 356 g/mol. The average Bonchev–Trinajstić information content (AvgIpc) is 2.57. The first-order valence-electron chi connectivity index (χ1n) is 8.54. The molecule has 1 amide bonds. The third-order valence-corrected chi connectivity index (χ3v) is 4.88. The molecule has 134 valence electrons. The van der Waals surface area contributed by atoms with Gasteiger partial charge in [0.05, 0.1) is 0 Å². The molecule has 3 unspecified atom stereocenters. The molecule has 3 rings (SSSR count). The molecule has 0 bridgehead atoms. The number of carbonyl (C=O) groups excluding carboxylic acids is 1. The van der Waals surface area contributed by atoms with E-state index in [1.807, 2.05) is 17.0 Å². The van der Waals surface area contributed by atoms with Gasteiger partial charge >= 0.3 is 0 Å². The van der Waals surface area contributed by atoms with Crippen molar-refractivity contribution in [3.8, 4) is 0 Å². The summed E-state index contributed by atoms with van der Waals surface area (Å²) in [7, 11) is 0. The van der Waals surface area contributed by atoms with Crippen LogP contribution in [0.3, 0.4) is 0 Å². The smallest absolute Gasteiger partial charge is 0.253 e. The Kier molecular flexibility index (Phi) is 7.02. The van der Waals surface area contributed by atoms with Crippen molar-refractivity contribution in [2.45, 2.75) is 44.2 Å². The van der Waals surface area contributed by atoms with E-state index in [2.05, 4.69) is 0 Å². The summed E-state index contributed by atoms with van der Waals surface area (Å²) in [5, 5.41) is 0. The van der Waals surface area contributed by atoms with Gasteiger partial charge in [0.25, 0.3) is 5.91 Å². The Morgan fingerprint density at radius 1 is 1.25 bits per heavy atom. The lowest BCUT2D eigenvalue weighted by atomic mass is 9.90. The van der Waals surface area contributed by atoms with Gasteiger partial charge in [0.1, 0.15) is 5.82 Å². The molecular formula is C18H26ClFN2O2. The SMILES string of the molecule is Cl.NC1CCCOC1C(=O)N1CCCC(Cc2ccc(F)cc2)C1. The summed E-state index contributed by atoms with van der Waals surface area (Å²) in [6.07, 6.45) is 4.27. The van der Waals surface area contributed by atoms with Crippen LogP contribution >= 0.6 is 12.4 Å². The Hall–Kier alpha value is -1.17. The molecule has 0 aliphatic carbocycles. The topological polar surface area (TPSA) is 55.6 Å². The summed E-state index contributed by atoms with van der Waals surface area (Å²) in [6.45, 7) is 2.14. The third-order valence-electron chi connectivity index (χ3n) is 4.88. The van der Waals surface area contributed by atoms with Gasteiger partial charge in [-0.25, -0.2) is 4.39 Å². The maximum Gasteiger partial charge on any atom is 0.253 e. The summed E-state index contributed by atoms with van der Waals surface area (Å²) in [5.74, 6) is 0.247. The van der Waals surface area contributed by atoms with Gasteiger partial charge in [0.2, 0.25) is 0 Å². The number of nitrogens with two attached hydrogens (primary N) is 1. The van der Waals surface area contributed by atoms with Gasteiger partial charge in [-0.1, -0.05) is 12.1 Å². The van der Waals surface area contributed by atoms with Crippen molar-refractivity contribution in [3.63, 3.8) is 0 Å².